The van der Waals surface area contributed by atoms with E-state index < -0.39 is 0 Å². The third kappa shape index (κ3) is 3.53. The van der Waals surface area contributed by atoms with Gasteiger partial charge >= 0.3 is 6.03 Å². The van der Waals surface area contributed by atoms with E-state index in [2.05, 4.69) is 22.2 Å². The summed E-state index contributed by atoms with van der Waals surface area (Å²) in [6, 6.07) is 3.90. The summed E-state index contributed by atoms with van der Waals surface area (Å²) in [6.45, 7) is 6.08. The number of carbonyl (C=O) groups is 1. The van der Waals surface area contributed by atoms with Crippen LogP contribution in [0.4, 0.5) is 10.5 Å². The molecule has 2 aromatic rings. The molecule has 0 aliphatic carbocycles. The molecule has 7 nitrogen and oxygen atoms in total. The molecule has 1 aromatic carbocycles. The van der Waals surface area contributed by atoms with E-state index in [-0.39, 0.29) is 12.1 Å². The van der Waals surface area contributed by atoms with Crippen LogP contribution in [0.15, 0.2) is 24.5 Å². The average Bonchev–Trinajstić information content (AvgIpc) is 3.03. The van der Waals surface area contributed by atoms with Gasteiger partial charge in [-0.05, 0) is 32.0 Å². The quantitative estimate of drug-likeness (QED) is 0.917. The van der Waals surface area contributed by atoms with Crippen molar-refractivity contribution in [2.75, 3.05) is 39.1 Å². The third-order valence-electron chi connectivity index (χ3n) is 5.08. The molecule has 1 N–H and O–H groups in total. The van der Waals surface area contributed by atoms with Crippen LogP contribution in [0.1, 0.15) is 23.0 Å². The molecule has 1 saturated heterocycles. The van der Waals surface area contributed by atoms with Crippen LogP contribution in [-0.2, 0) is 7.05 Å². The first-order valence-electron chi connectivity index (χ1n) is 8.79. The second-order valence-electron chi connectivity index (χ2n) is 6.91. The molecule has 7 heteroatoms. The standard InChI is InChI=1S/C19H27N5O2/c1-13-10-14(2)17(26-5)11-15(13)21-19(25)24-9-8-22(3)16(12-24)18-20-6-7-23(18)4/h6-7,10-11,16H,8-9,12H2,1-5H3,(H,21,25). The maximum absolute atomic E-state index is 12.8. The van der Waals surface area contributed by atoms with Crippen molar-refractivity contribution >= 4 is 11.7 Å². The monoisotopic (exact) mass is 357 g/mol. The number of benzene rings is 1. The van der Waals surface area contributed by atoms with Gasteiger partial charge in [0.15, 0.2) is 0 Å². The minimum Gasteiger partial charge on any atom is -0.496 e. The summed E-state index contributed by atoms with van der Waals surface area (Å²) >= 11 is 0. The van der Waals surface area contributed by atoms with Gasteiger partial charge in [-0.1, -0.05) is 6.07 Å². The van der Waals surface area contributed by atoms with E-state index in [0.717, 1.165) is 34.9 Å². The summed E-state index contributed by atoms with van der Waals surface area (Å²) in [6.07, 6.45) is 3.73. The lowest BCUT2D eigenvalue weighted by Crippen LogP contribution is -2.50. The van der Waals surface area contributed by atoms with Crippen LogP contribution >= 0.6 is 0 Å². The lowest BCUT2D eigenvalue weighted by atomic mass is 10.1. The Labute approximate surface area is 154 Å². The van der Waals surface area contributed by atoms with Crippen molar-refractivity contribution < 1.29 is 9.53 Å². The molecular weight excluding hydrogens is 330 g/mol. The fourth-order valence-corrected chi connectivity index (χ4v) is 3.42. The highest BCUT2D eigenvalue weighted by molar-refractivity contribution is 5.90. The SMILES string of the molecule is COc1cc(NC(=O)N2CCN(C)C(c3nccn3C)C2)c(C)cc1C. The lowest BCUT2D eigenvalue weighted by molar-refractivity contribution is 0.110. The number of amides is 2. The van der Waals surface area contributed by atoms with Gasteiger partial charge in [-0.2, -0.15) is 0 Å². The molecule has 1 atom stereocenters. The Hall–Kier alpha value is -2.54. The van der Waals surface area contributed by atoms with Crippen LogP contribution in [0.3, 0.4) is 0 Å². The number of rotatable bonds is 3. The molecule has 1 unspecified atom stereocenters. The van der Waals surface area contributed by atoms with Gasteiger partial charge in [0.2, 0.25) is 0 Å². The van der Waals surface area contributed by atoms with Crippen LogP contribution in [0.25, 0.3) is 0 Å². The smallest absolute Gasteiger partial charge is 0.321 e. The molecule has 1 aromatic heterocycles. The number of urea groups is 1. The molecule has 2 heterocycles. The molecule has 140 valence electrons. The van der Waals surface area contributed by atoms with E-state index in [1.165, 1.54) is 0 Å². The third-order valence-corrected chi connectivity index (χ3v) is 5.08. The number of likely N-dealkylation sites (N-methyl/N-ethyl adjacent to an activating group) is 1. The first-order chi connectivity index (χ1) is 12.4. The van der Waals surface area contributed by atoms with E-state index in [4.69, 9.17) is 4.74 Å². The number of hydrogen-bond acceptors (Lipinski definition) is 4. The highest BCUT2D eigenvalue weighted by Gasteiger charge is 2.30. The highest BCUT2D eigenvalue weighted by Crippen LogP contribution is 2.27. The van der Waals surface area contributed by atoms with Crippen molar-refractivity contribution in [3.8, 4) is 5.75 Å². The molecule has 3 rings (SSSR count). The van der Waals surface area contributed by atoms with E-state index >= 15 is 0 Å². The zero-order valence-corrected chi connectivity index (χ0v) is 16.1. The van der Waals surface area contributed by atoms with Crippen molar-refractivity contribution in [3.05, 3.63) is 41.5 Å². The van der Waals surface area contributed by atoms with Crippen molar-refractivity contribution in [3.63, 3.8) is 0 Å². The van der Waals surface area contributed by atoms with Gasteiger partial charge in [-0.25, -0.2) is 9.78 Å². The Morgan fingerprint density at radius 2 is 2.00 bits per heavy atom. The van der Waals surface area contributed by atoms with Crippen molar-refractivity contribution in [1.82, 2.24) is 19.4 Å². The van der Waals surface area contributed by atoms with Gasteiger partial charge in [0.25, 0.3) is 0 Å². The molecule has 0 radical (unpaired) electrons. The number of ether oxygens (including phenoxy) is 1. The summed E-state index contributed by atoms with van der Waals surface area (Å²) in [5, 5.41) is 3.04. The van der Waals surface area contributed by atoms with Crippen molar-refractivity contribution in [2.24, 2.45) is 7.05 Å². The van der Waals surface area contributed by atoms with E-state index in [1.54, 1.807) is 13.3 Å². The number of aromatic nitrogens is 2. The fourth-order valence-electron chi connectivity index (χ4n) is 3.42. The number of methoxy groups -OCH3 is 1. The molecule has 2 amide bonds. The van der Waals surface area contributed by atoms with Crippen LogP contribution in [0.2, 0.25) is 0 Å². The van der Waals surface area contributed by atoms with Crippen LogP contribution in [0, 0.1) is 13.8 Å². The average molecular weight is 357 g/mol. The first kappa shape index (κ1) is 18.3. The first-order valence-corrected chi connectivity index (χ1v) is 8.79. The zero-order chi connectivity index (χ0) is 18.8. The van der Waals surface area contributed by atoms with E-state index in [1.807, 2.05) is 48.7 Å². The second-order valence-corrected chi connectivity index (χ2v) is 6.91. The number of carbonyl (C=O) groups excluding carboxylic acids is 1. The molecule has 1 fully saturated rings. The van der Waals surface area contributed by atoms with E-state index in [9.17, 15) is 4.79 Å². The number of aryl methyl sites for hydroxylation is 3. The normalized spacial score (nSPS) is 18.0. The predicted molar refractivity (Wildman–Crippen MR) is 102 cm³/mol. The molecule has 0 spiro atoms. The van der Waals surface area contributed by atoms with Crippen LogP contribution in [0.5, 0.6) is 5.75 Å². The van der Waals surface area contributed by atoms with Gasteiger partial charge in [0, 0.05) is 50.8 Å². The number of nitrogens with one attached hydrogen (secondary N) is 1. The lowest BCUT2D eigenvalue weighted by Gasteiger charge is -2.39. The summed E-state index contributed by atoms with van der Waals surface area (Å²) in [4.78, 5) is 21.4. The molecule has 1 aliphatic heterocycles. The highest BCUT2D eigenvalue weighted by atomic mass is 16.5. The Bertz CT molecular complexity index is 801. The minimum atomic E-state index is -0.0914. The Morgan fingerprint density at radius 3 is 2.65 bits per heavy atom. The Kier molecular flexibility index (Phi) is 5.18. The fraction of sp³-hybridized carbons (Fsp3) is 0.474. The maximum Gasteiger partial charge on any atom is 0.321 e. The summed E-state index contributed by atoms with van der Waals surface area (Å²) in [5.41, 5.74) is 2.86. The predicted octanol–water partition coefficient (Wildman–Crippen LogP) is 2.57. The van der Waals surface area contributed by atoms with Gasteiger partial charge in [0.05, 0.1) is 13.2 Å². The molecule has 1 aliphatic rings. The Balaban J connectivity index is 1.75. The summed E-state index contributed by atoms with van der Waals surface area (Å²) < 4.78 is 7.39. The summed E-state index contributed by atoms with van der Waals surface area (Å²) in [5.74, 6) is 1.74. The van der Waals surface area contributed by atoms with Crippen LogP contribution < -0.4 is 10.1 Å². The van der Waals surface area contributed by atoms with Crippen molar-refractivity contribution in [1.29, 1.82) is 0 Å². The maximum atomic E-state index is 12.8. The minimum absolute atomic E-state index is 0.0863. The number of nitrogens with zero attached hydrogens (tertiary/aromatic N) is 4. The zero-order valence-electron chi connectivity index (χ0n) is 16.1. The van der Waals surface area contributed by atoms with Crippen molar-refractivity contribution in [2.45, 2.75) is 19.9 Å². The van der Waals surface area contributed by atoms with E-state index in [0.29, 0.717) is 13.1 Å². The number of imidazole rings is 1. The molecule has 0 saturated carbocycles. The largest absolute Gasteiger partial charge is 0.496 e. The molecule has 0 bridgehead atoms. The number of piperazine rings is 1. The molecular formula is C19H27N5O2. The molecule has 26 heavy (non-hydrogen) atoms. The topological polar surface area (TPSA) is 62.6 Å². The summed E-state index contributed by atoms with van der Waals surface area (Å²) in [7, 11) is 5.70. The van der Waals surface area contributed by atoms with Gasteiger partial charge in [-0.3, -0.25) is 4.90 Å². The van der Waals surface area contributed by atoms with Gasteiger partial charge < -0.3 is 19.5 Å². The number of anilines is 1. The second kappa shape index (κ2) is 7.37. The van der Waals surface area contributed by atoms with Gasteiger partial charge in [0.1, 0.15) is 11.6 Å². The Morgan fingerprint density at radius 1 is 1.23 bits per heavy atom. The number of hydrogen-bond donors (Lipinski definition) is 1. The van der Waals surface area contributed by atoms with Crippen LogP contribution in [-0.4, -0.2) is 59.2 Å². The van der Waals surface area contributed by atoms with Gasteiger partial charge in [-0.15, -0.1) is 0 Å².